The first-order chi connectivity index (χ1) is 6.68. The van der Waals surface area contributed by atoms with Crippen LogP contribution in [0.5, 0.6) is 0 Å². The summed E-state index contributed by atoms with van der Waals surface area (Å²) in [6, 6.07) is 0.454. The number of likely N-dealkylation sites (tertiary alicyclic amines) is 1. The first-order valence-corrected chi connectivity index (χ1v) is 6.07. The van der Waals surface area contributed by atoms with Crippen LogP contribution in [0, 0.1) is 23.7 Å². The molecule has 80 valence electrons. The van der Waals surface area contributed by atoms with Gasteiger partial charge in [0.1, 0.15) is 0 Å². The molecule has 0 spiro atoms. The first-order valence-electron chi connectivity index (χ1n) is 6.07. The summed E-state index contributed by atoms with van der Waals surface area (Å²) >= 11 is 0. The van der Waals surface area contributed by atoms with Gasteiger partial charge in [0, 0.05) is 12.6 Å². The fourth-order valence-electron chi connectivity index (χ4n) is 4.70. The van der Waals surface area contributed by atoms with E-state index in [9.17, 15) is 5.11 Å². The van der Waals surface area contributed by atoms with E-state index >= 15 is 0 Å². The summed E-state index contributed by atoms with van der Waals surface area (Å²) < 4.78 is 0. The van der Waals surface area contributed by atoms with Crippen molar-refractivity contribution >= 4 is 0 Å². The van der Waals surface area contributed by atoms with Gasteiger partial charge in [0.05, 0.1) is 6.10 Å². The van der Waals surface area contributed by atoms with E-state index in [-0.39, 0.29) is 6.10 Å². The highest BCUT2D eigenvalue weighted by molar-refractivity contribution is 5.07. The zero-order chi connectivity index (χ0) is 9.87. The Morgan fingerprint density at radius 3 is 2.71 bits per heavy atom. The molecule has 1 saturated heterocycles. The number of aliphatic hydroxyl groups is 1. The van der Waals surface area contributed by atoms with Gasteiger partial charge < -0.3 is 10.0 Å². The van der Waals surface area contributed by atoms with Crippen molar-refractivity contribution in [2.75, 3.05) is 13.6 Å². The van der Waals surface area contributed by atoms with Crippen molar-refractivity contribution in [3.05, 3.63) is 0 Å². The molecule has 6 atom stereocenters. The molecule has 3 fully saturated rings. The fourth-order valence-corrected chi connectivity index (χ4v) is 4.70. The van der Waals surface area contributed by atoms with Crippen molar-refractivity contribution in [1.29, 1.82) is 0 Å². The molecule has 6 unspecified atom stereocenters. The molecule has 0 aromatic rings. The van der Waals surface area contributed by atoms with Crippen LogP contribution in [-0.4, -0.2) is 35.7 Å². The van der Waals surface area contributed by atoms with Crippen molar-refractivity contribution in [2.24, 2.45) is 23.7 Å². The lowest BCUT2D eigenvalue weighted by atomic mass is 9.77. The highest BCUT2D eigenvalue weighted by atomic mass is 16.3. The van der Waals surface area contributed by atoms with E-state index in [1.165, 1.54) is 25.8 Å². The van der Waals surface area contributed by atoms with Gasteiger partial charge in [-0.1, -0.05) is 0 Å². The van der Waals surface area contributed by atoms with E-state index in [1.54, 1.807) is 0 Å². The third-order valence-corrected chi connectivity index (χ3v) is 5.05. The van der Waals surface area contributed by atoms with Gasteiger partial charge in [-0.3, -0.25) is 0 Å². The first kappa shape index (κ1) is 9.17. The second kappa shape index (κ2) is 2.96. The van der Waals surface area contributed by atoms with Crippen LogP contribution in [0.2, 0.25) is 0 Å². The van der Waals surface area contributed by atoms with Crippen LogP contribution in [0.3, 0.4) is 0 Å². The van der Waals surface area contributed by atoms with Crippen LogP contribution in [0.4, 0.5) is 0 Å². The molecule has 0 radical (unpaired) electrons. The Kier molecular flexibility index (Phi) is 1.94. The second-order valence-corrected chi connectivity index (χ2v) is 5.75. The zero-order valence-corrected chi connectivity index (χ0v) is 9.19. The number of aliphatic hydroxyl groups excluding tert-OH is 1. The van der Waals surface area contributed by atoms with Crippen LogP contribution in [-0.2, 0) is 0 Å². The van der Waals surface area contributed by atoms with Gasteiger partial charge in [-0.05, 0) is 56.9 Å². The van der Waals surface area contributed by atoms with E-state index < -0.39 is 0 Å². The minimum Gasteiger partial charge on any atom is -0.392 e. The lowest BCUT2D eigenvalue weighted by Gasteiger charge is -2.31. The van der Waals surface area contributed by atoms with Crippen molar-refractivity contribution < 1.29 is 5.11 Å². The summed E-state index contributed by atoms with van der Waals surface area (Å²) in [6.45, 7) is 3.21. The number of rotatable bonds is 1. The van der Waals surface area contributed by atoms with Crippen LogP contribution in [0.25, 0.3) is 0 Å². The Labute approximate surface area is 86.3 Å². The van der Waals surface area contributed by atoms with Crippen LogP contribution < -0.4 is 0 Å². The van der Waals surface area contributed by atoms with Crippen molar-refractivity contribution in [3.63, 3.8) is 0 Å². The molecular formula is C12H21NO. The third kappa shape index (κ3) is 1.04. The lowest BCUT2D eigenvalue weighted by Crippen LogP contribution is -2.40. The number of hydrogen-bond donors (Lipinski definition) is 1. The van der Waals surface area contributed by atoms with Crippen molar-refractivity contribution in [3.8, 4) is 0 Å². The van der Waals surface area contributed by atoms with Crippen molar-refractivity contribution in [2.45, 2.75) is 38.3 Å². The summed E-state index contributed by atoms with van der Waals surface area (Å²) in [5.74, 6) is 3.67. The van der Waals surface area contributed by atoms with Gasteiger partial charge >= 0.3 is 0 Å². The van der Waals surface area contributed by atoms with E-state index in [4.69, 9.17) is 0 Å². The highest BCUT2D eigenvalue weighted by Gasteiger charge is 2.56. The topological polar surface area (TPSA) is 23.5 Å². The molecule has 0 aromatic heterocycles. The number of fused-ring (bicyclic) bond motifs is 5. The van der Waals surface area contributed by atoms with Gasteiger partial charge in [-0.15, -0.1) is 0 Å². The molecule has 2 bridgehead atoms. The van der Waals surface area contributed by atoms with Crippen molar-refractivity contribution in [1.82, 2.24) is 4.90 Å². The molecule has 2 nitrogen and oxygen atoms in total. The monoisotopic (exact) mass is 195 g/mol. The molecule has 2 heteroatoms. The summed E-state index contributed by atoms with van der Waals surface area (Å²) in [6.07, 6.45) is 4.22. The molecule has 2 aliphatic carbocycles. The lowest BCUT2D eigenvalue weighted by molar-refractivity contribution is 0.0635. The molecule has 14 heavy (non-hydrogen) atoms. The summed E-state index contributed by atoms with van der Waals surface area (Å²) in [7, 11) is 2.19. The Morgan fingerprint density at radius 1 is 1.29 bits per heavy atom. The normalized spacial score (nSPS) is 53.8. The number of nitrogens with zero attached hydrogens (tertiary/aromatic N) is 1. The molecule has 1 heterocycles. The minimum absolute atomic E-state index is 0.144. The predicted molar refractivity (Wildman–Crippen MR) is 55.9 cm³/mol. The molecule has 0 aromatic carbocycles. The summed E-state index contributed by atoms with van der Waals surface area (Å²) in [5, 5.41) is 9.86. The quantitative estimate of drug-likeness (QED) is 0.682. The average Bonchev–Trinajstić information content (AvgIpc) is 2.70. The zero-order valence-electron chi connectivity index (χ0n) is 9.19. The van der Waals surface area contributed by atoms with Gasteiger partial charge in [-0.25, -0.2) is 0 Å². The maximum atomic E-state index is 9.86. The Morgan fingerprint density at radius 2 is 2.00 bits per heavy atom. The summed E-state index contributed by atoms with van der Waals surface area (Å²) in [4.78, 5) is 2.41. The van der Waals surface area contributed by atoms with E-state index in [2.05, 4.69) is 11.9 Å². The molecule has 0 amide bonds. The average molecular weight is 195 g/mol. The number of hydrogen-bond acceptors (Lipinski definition) is 2. The molecule has 3 rings (SSSR count). The van der Waals surface area contributed by atoms with Gasteiger partial charge in [-0.2, -0.15) is 0 Å². The highest BCUT2D eigenvalue weighted by Crippen LogP contribution is 2.57. The Hall–Kier alpha value is -0.0800. The molecule has 3 aliphatic rings. The van der Waals surface area contributed by atoms with E-state index in [0.717, 1.165) is 23.7 Å². The maximum Gasteiger partial charge on any atom is 0.0670 e. The molecular weight excluding hydrogens is 174 g/mol. The van der Waals surface area contributed by atoms with Crippen LogP contribution >= 0.6 is 0 Å². The molecule has 2 saturated carbocycles. The molecule has 1 aliphatic heterocycles. The van der Waals surface area contributed by atoms with Crippen LogP contribution in [0.1, 0.15) is 26.2 Å². The SMILES string of the molecule is CC(O)C1C2C3CCC(C3)C2CN1C. The second-order valence-electron chi connectivity index (χ2n) is 5.75. The smallest absolute Gasteiger partial charge is 0.0670 e. The number of likely N-dealkylation sites (N-methyl/N-ethyl adjacent to an activating group) is 1. The fraction of sp³-hybridized carbons (Fsp3) is 1.00. The largest absolute Gasteiger partial charge is 0.392 e. The Balaban J connectivity index is 1.87. The van der Waals surface area contributed by atoms with E-state index in [0.29, 0.717) is 6.04 Å². The standard InChI is InChI=1S/C12H21NO/c1-7(14)12-11-9-4-3-8(5-9)10(11)6-13(12)2/h7-12,14H,3-6H2,1-2H3. The van der Waals surface area contributed by atoms with Gasteiger partial charge in [0.2, 0.25) is 0 Å². The van der Waals surface area contributed by atoms with Crippen LogP contribution in [0.15, 0.2) is 0 Å². The van der Waals surface area contributed by atoms with Gasteiger partial charge in [0.15, 0.2) is 0 Å². The summed E-state index contributed by atoms with van der Waals surface area (Å²) in [5.41, 5.74) is 0. The minimum atomic E-state index is -0.144. The Bertz CT molecular complexity index is 240. The maximum absolute atomic E-state index is 9.86. The van der Waals surface area contributed by atoms with Gasteiger partial charge in [0.25, 0.3) is 0 Å². The molecule has 1 N–H and O–H groups in total. The van der Waals surface area contributed by atoms with E-state index in [1.807, 2.05) is 6.92 Å². The predicted octanol–water partition coefficient (Wildman–Crippen LogP) is 1.34. The third-order valence-electron chi connectivity index (χ3n) is 5.05.